The largest absolute Gasteiger partial charge is 0.406 e. The summed E-state index contributed by atoms with van der Waals surface area (Å²) in [5, 5.41) is 6.80. The van der Waals surface area contributed by atoms with Gasteiger partial charge in [-0.2, -0.15) is 13.2 Å². The van der Waals surface area contributed by atoms with Crippen molar-refractivity contribution >= 4 is 23.4 Å². The molecule has 116 valence electrons. The average molecular weight is 325 g/mol. The van der Waals surface area contributed by atoms with Crippen molar-refractivity contribution < 1.29 is 22.8 Å². The molecule has 1 rings (SSSR count). The summed E-state index contributed by atoms with van der Waals surface area (Å²) >= 11 is 5.49. The first-order chi connectivity index (χ1) is 9.60. The number of halogens is 4. The molecule has 0 radical (unpaired) electrons. The summed E-state index contributed by atoms with van der Waals surface area (Å²) in [5.74, 6) is -1.69. The SMILES string of the molecule is CN(C)C(=O)CN(CC(F)(F)F)C(=O)c1ccc(Cl)nn1. The molecule has 0 aliphatic heterocycles. The van der Waals surface area contributed by atoms with Crippen LogP contribution in [0.5, 0.6) is 0 Å². The lowest BCUT2D eigenvalue weighted by atomic mass is 10.3. The molecule has 1 aromatic rings. The van der Waals surface area contributed by atoms with Gasteiger partial charge in [-0.05, 0) is 12.1 Å². The molecule has 6 nitrogen and oxygen atoms in total. The molecule has 0 aliphatic rings. The summed E-state index contributed by atoms with van der Waals surface area (Å²) in [6.07, 6.45) is -4.64. The minimum absolute atomic E-state index is 0.00158. The second kappa shape index (κ2) is 6.70. The highest BCUT2D eigenvalue weighted by molar-refractivity contribution is 6.29. The average Bonchev–Trinajstić information content (AvgIpc) is 2.36. The van der Waals surface area contributed by atoms with Crippen molar-refractivity contribution in [1.82, 2.24) is 20.0 Å². The lowest BCUT2D eigenvalue weighted by molar-refractivity contribution is -0.146. The van der Waals surface area contributed by atoms with Gasteiger partial charge in [0.15, 0.2) is 10.8 Å². The number of aromatic nitrogens is 2. The number of likely N-dealkylation sites (N-methyl/N-ethyl adjacent to an activating group) is 1. The van der Waals surface area contributed by atoms with Crippen LogP contribution in [-0.2, 0) is 4.79 Å². The summed E-state index contributed by atoms with van der Waals surface area (Å²) < 4.78 is 37.6. The van der Waals surface area contributed by atoms with Crippen molar-refractivity contribution in [2.24, 2.45) is 0 Å². The van der Waals surface area contributed by atoms with Gasteiger partial charge in [0.2, 0.25) is 5.91 Å². The zero-order valence-corrected chi connectivity index (χ0v) is 11.9. The number of hydrogen-bond acceptors (Lipinski definition) is 4. The molecule has 0 saturated heterocycles. The topological polar surface area (TPSA) is 66.4 Å². The van der Waals surface area contributed by atoms with Crippen LogP contribution < -0.4 is 0 Å². The van der Waals surface area contributed by atoms with Crippen LogP contribution in [0.3, 0.4) is 0 Å². The van der Waals surface area contributed by atoms with Crippen LogP contribution in [0.1, 0.15) is 10.5 Å². The smallest absolute Gasteiger partial charge is 0.347 e. The number of nitrogens with zero attached hydrogens (tertiary/aromatic N) is 4. The van der Waals surface area contributed by atoms with Crippen molar-refractivity contribution in [1.29, 1.82) is 0 Å². The zero-order valence-electron chi connectivity index (χ0n) is 11.2. The predicted molar refractivity (Wildman–Crippen MR) is 67.7 cm³/mol. The summed E-state index contributed by atoms with van der Waals surface area (Å²) in [7, 11) is 2.75. The van der Waals surface area contributed by atoms with Gasteiger partial charge in [0.1, 0.15) is 13.1 Å². The number of amides is 2. The molecule has 1 heterocycles. The van der Waals surface area contributed by atoms with Crippen LogP contribution in [0, 0.1) is 0 Å². The Hall–Kier alpha value is -1.90. The Kier molecular flexibility index (Phi) is 5.47. The lowest BCUT2D eigenvalue weighted by Gasteiger charge is -2.24. The second-order valence-electron chi connectivity index (χ2n) is 4.31. The molecule has 0 atom stereocenters. The molecule has 10 heteroatoms. The normalized spacial score (nSPS) is 11.1. The molecule has 2 amide bonds. The van der Waals surface area contributed by atoms with Crippen molar-refractivity contribution in [2.45, 2.75) is 6.18 Å². The number of rotatable bonds is 4. The summed E-state index contributed by atoms with van der Waals surface area (Å²) in [5.41, 5.74) is -0.324. The van der Waals surface area contributed by atoms with Crippen molar-refractivity contribution in [3.8, 4) is 0 Å². The zero-order chi connectivity index (χ0) is 16.2. The van der Waals surface area contributed by atoms with Gasteiger partial charge in [0.25, 0.3) is 5.91 Å². The molecule has 0 bridgehead atoms. The van der Waals surface area contributed by atoms with Gasteiger partial charge in [-0.3, -0.25) is 9.59 Å². The van der Waals surface area contributed by atoms with Gasteiger partial charge in [-0.15, -0.1) is 10.2 Å². The first-order valence-electron chi connectivity index (χ1n) is 5.65. The van der Waals surface area contributed by atoms with Crippen molar-refractivity contribution in [3.63, 3.8) is 0 Å². The number of carbonyl (C=O) groups is 2. The van der Waals surface area contributed by atoms with Crippen LogP contribution >= 0.6 is 11.6 Å². The van der Waals surface area contributed by atoms with E-state index in [0.717, 1.165) is 11.0 Å². The minimum Gasteiger partial charge on any atom is -0.347 e. The summed E-state index contributed by atoms with van der Waals surface area (Å²) in [6.45, 7) is -2.27. The van der Waals surface area contributed by atoms with E-state index in [1.54, 1.807) is 0 Å². The molecule has 0 fully saturated rings. The second-order valence-corrected chi connectivity index (χ2v) is 4.69. The standard InChI is InChI=1S/C11H12ClF3N4O2/c1-18(2)9(20)5-19(6-11(13,14)15)10(21)7-3-4-8(12)17-16-7/h3-4H,5-6H2,1-2H3. The van der Waals surface area contributed by atoms with E-state index in [9.17, 15) is 22.8 Å². The molecule has 0 N–H and O–H groups in total. The van der Waals surface area contributed by atoms with Crippen LogP contribution in [0.25, 0.3) is 0 Å². The Balaban J connectivity index is 2.96. The highest BCUT2D eigenvalue weighted by Crippen LogP contribution is 2.18. The highest BCUT2D eigenvalue weighted by Gasteiger charge is 2.35. The minimum atomic E-state index is -4.64. The quantitative estimate of drug-likeness (QED) is 0.835. The molecule has 0 unspecified atom stereocenters. The molecule has 21 heavy (non-hydrogen) atoms. The molecule has 0 spiro atoms. The van der Waals surface area contributed by atoms with E-state index in [-0.39, 0.29) is 10.8 Å². The van der Waals surface area contributed by atoms with Gasteiger partial charge < -0.3 is 9.80 Å². The van der Waals surface area contributed by atoms with Gasteiger partial charge in [-0.25, -0.2) is 0 Å². The van der Waals surface area contributed by atoms with E-state index in [0.29, 0.717) is 4.90 Å². The molecule has 0 saturated carbocycles. The molecule has 1 aromatic heterocycles. The van der Waals surface area contributed by atoms with Crippen molar-refractivity contribution in [3.05, 3.63) is 23.0 Å². The number of carbonyl (C=O) groups excluding carboxylic acids is 2. The number of alkyl halides is 3. The maximum Gasteiger partial charge on any atom is 0.406 e. The fourth-order valence-electron chi connectivity index (χ4n) is 1.31. The molecular weight excluding hydrogens is 313 g/mol. The fourth-order valence-corrected chi connectivity index (χ4v) is 1.41. The summed E-state index contributed by atoms with van der Waals surface area (Å²) in [6, 6.07) is 2.36. The van der Waals surface area contributed by atoms with Crippen molar-refractivity contribution in [2.75, 3.05) is 27.2 Å². The van der Waals surface area contributed by atoms with E-state index < -0.39 is 31.1 Å². The van der Waals surface area contributed by atoms with Crippen LogP contribution in [0.15, 0.2) is 12.1 Å². The van der Waals surface area contributed by atoms with E-state index >= 15 is 0 Å². The maximum absolute atomic E-state index is 12.5. The Labute approximate surface area is 123 Å². The van der Waals surface area contributed by atoms with Crippen LogP contribution in [0.2, 0.25) is 5.15 Å². The van der Waals surface area contributed by atoms with Gasteiger partial charge in [0, 0.05) is 14.1 Å². The van der Waals surface area contributed by atoms with E-state index in [4.69, 9.17) is 11.6 Å². The third-order valence-corrected chi connectivity index (χ3v) is 2.53. The third kappa shape index (κ3) is 5.54. The first-order valence-corrected chi connectivity index (χ1v) is 6.03. The van der Waals surface area contributed by atoms with E-state index in [2.05, 4.69) is 10.2 Å². The Bertz CT molecular complexity index is 519. The monoisotopic (exact) mass is 324 g/mol. The van der Waals surface area contributed by atoms with Crippen LogP contribution in [0.4, 0.5) is 13.2 Å². The summed E-state index contributed by atoms with van der Waals surface area (Å²) in [4.78, 5) is 25.0. The molecule has 0 aromatic carbocycles. The molecular formula is C11H12ClF3N4O2. The van der Waals surface area contributed by atoms with Crippen LogP contribution in [-0.4, -0.2) is 65.2 Å². The lowest BCUT2D eigenvalue weighted by Crippen LogP contribution is -2.45. The Morgan fingerprint density at radius 1 is 1.24 bits per heavy atom. The molecule has 0 aliphatic carbocycles. The third-order valence-electron chi connectivity index (χ3n) is 2.33. The van der Waals surface area contributed by atoms with Gasteiger partial charge >= 0.3 is 6.18 Å². The first kappa shape index (κ1) is 17.2. The fraction of sp³-hybridized carbons (Fsp3) is 0.455. The Morgan fingerprint density at radius 3 is 2.29 bits per heavy atom. The number of hydrogen-bond donors (Lipinski definition) is 0. The van der Waals surface area contributed by atoms with Gasteiger partial charge in [0.05, 0.1) is 0 Å². The highest BCUT2D eigenvalue weighted by atomic mass is 35.5. The maximum atomic E-state index is 12.5. The predicted octanol–water partition coefficient (Wildman–Crippen LogP) is 1.22. The van der Waals surface area contributed by atoms with E-state index in [1.165, 1.54) is 20.2 Å². The Morgan fingerprint density at radius 2 is 1.86 bits per heavy atom. The van der Waals surface area contributed by atoms with E-state index in [1.807, 2.05) is 0 Å². The van der Waals surface area contributed by atoms with Gasteiger partial charge in [-0.1, -0.05) is 11.6 Å².